The Balaban J connectivity index is 1.85. The fourth-order valence-corrected chi connectivity index (χ4v) is 5.59. The lowest BCUT2D eigenvalue weighted by Gasteiger charge is -2.31. The molecule has 21 heavy (non-hydrogen) atoms. The Morgan fingerprint density at radius 1 is 1.43 bits per heavy atom. The monoisotopic (exact) mass is 325 g/mol. The van der Waals surface area contributed by atoms with Crippen molar-refractivity contribution in [2.24, 2.45) is 7.05 Å². The van der Waals surface area contributed by atoms with E-state index in [1.54, 1.807) is 21.8 Å². The maximum Gasteiger partial charge on any atom is 0.252 e. The van der Waals surface area contributed by atoms with Crippen LogP contribution >= 0.6 is 11.3 Å². The van der Waals surface area contributed by atoms with E-state index < -0.39 is 10.0 Å². The molecule has 0 saturated carbocycles. The highest BCUT2D eigenvalue weighted by atomic mass is 32.2. The largest absolute Gasteiger partial charge is 0.337 e. The third-order valence-electron chi connectivity index (χ3n) is 3.87. The topological polar surface area (TPSA) is 55.2 Å². The summed E-state index contributed by atoms with van der Waals surface area (Å²) in [6, 6.07) is 3.45. The summed E-state index contributed by atoms with van der Waals surface area (Å²) >= 11 is 1.28. The molecule has 0 amide bonds. The average Bonchev–Trinajstić information content (AvgIpc) is 3.09. The van der Waals surface area contributed by atoms with E-state index in [2.05, 4.69) is 4.98 Å². The van der Waals surface area contributed by atoms with Crippen LogP contribution in [0.25, 0.3) is 0 Å². The molecule has 1 fully saturated rings. The van der Waals surface area contributed by atoms with Gasteiger partial charge in [0, 0.05) is 32.3 Å². The van der Waals surface area contributed by atoms with E-state index in [0.717, 1.165) is 24.4 Å². The van der Waals surface area contributed by atoms with Gasteiger partial charge in [0.2, 0.25) is 0 Å². The standard InChI is InChI=1S/C14H19N3O2S2/c1-11-9-16(2)14(15-11)12-5-3-7-17(10-12)21(18,19)13-6-4-8-20-13/h4,6,8-9,12H,3,5,7,10H2,1-2H3/t12-/m1/s1. The van der Waals surface area contributed by atoms with E-state index in [9.17, 15) is 8.42 Å². The molecule has 0 bridgehead atoms. The molecule has 2 aromatic heterocycles. The second kappa shape index (κ2) is 5.55. The van der Waals surface area contributed by atoms with Gasteiger partial charge < -0.3 is 4.57 Å². The van der Waals surface area contributed by atoms with Crippen LogP contribution in [0, 0.1) is 6.92 Å². The molecule has 1 saturated heterocycles. The van der Waals surface area contributed by atoms with Crippen molar-refractivity contribution < 1.29 is 8.42 Å². The van der Waals surface area contributed by atoms with Gasteiger partial charge in [0.25, 0.3) is 10.0 Å². The Morgan fingerprint density at radius 2 is 2.24 bits per heavy atom. The maximum atomic E-state index is 12.6. The van der Waals surface area contributed by atoms with Crippen molar-refractivity contribution in [3.05, 3.63) is 35.2 Å². The molecule has 114 valence electrons. The average molecular weight is 325 g/mol. The number of aryl methyl sites for hydroxylation is 2. The Labute approximate surface area is 129 Å². The first-order valence-corrected chi connectivity index (χ1v) is 9.34. The third-order valence-corrected chi connectivity index (χ3v) is 7.11. The zero-order valence-corrected chi connectivity index (χ0v) is 13.8. The van der Waals surface area contributed by atoms with Crippen molar-refractivity contribution in [2.45, 2.75) is 29.9 Å². The van der Waals surface area contributed by atoms with Crippen molar-refractivity contribution >= 4 is 21.4 Å². The van der Waals surface area contributed by atoms with E-state index in [-0.39, 0.29) is 5.92 Å². The van der Waals surface area contributed by atoms with Crippen molar-refractivity contribution in [1.82, 2.24) is 13.9 Å². The van der Waals surface area contributed by atoms with Gasteiger partial charge in [-0.2, -0.15) is 4.31 Å². The normalized spacial score (nSPS) is 20.8. The summed E-state index contributed by atoms with van der Waals surface area (Å²) in [6.45, 7) is 3.08. The quantitative estimate of drug-likeness (QED) is 0.870. The number of rotatable bonds is 3. The van der Waals surface area contributed by atoms with Crippen LogP contribution < -0.4 is 0 Å². The second-order valence-electron chi connectivity index (χ2n) is 5.49. The number of thiophene rings is 1. The number of imidazole rings is 1. The third kappa shape index (κ3) is 2.77. The van der Waals surface area contributed by atoms with Gasteiger partial charge in [0.15, 0.2) is 0 Å². The van der Waals surface area contributed by atoms with Crippen molar-refractivity contribution in [3.63, 3.8) is 0 Å². The molecule has 0 N–H and O–H groups in total. The smallest absolute Gasteiger partial charge is 0.252 e. The summed E-state index contributed by atoms with van der Waals surface area (Å²) < 4.78 is 29.3. The van der Waals surface area contributed by atoms with Crippen LogP contribution in [0.4, 0.5) is 0 Å². The molecule has 1 aliphatic heterocycles. The van der Waals surface area contributed by atoms with E-state index in [1.807, 2.05) is 24.7 Å². The molecular weight excluding hydrogens is 306 g/mol. The lowest BCUT2D eigenvalue weighted by molar-refractivity contribution is 0.307. The molecule has 5 nitrogen and oxygen atoms in total. The Kier molecular flexibility index (Phi) is 3.90. The van der Waals surface area contributed by atoms with Gasteiger partial charge in [-0.15, -0.1) is 11.3 Å². The van der Waals surface area contributed by atoms with Gasteiger partial charge in [-0.3, -0.25) is 0 Å². The molecule has 0 aromatic carbocycles. The fourth-order valence-electron chi connectivity index (χ4n) is 2.92. The highest BCUT2D eigenvalue weighted by molar-refractivity contribution is 7.91. The number of sulfonamides is 1. The maximum absolute atomic E-state index is 12.6. The highest BCUT2D eigenvalue weighted by Gasteiger charge is 2.32. The molecule has 3 rings (SSSR count). The minimum absolute atomic E-state index is 0.173. The summed E-state index contributed by atoms with van der Waals surface area (Å²) in [5, 5.41) is 1.80. The number of piperidine rings is 1. The van der Waals surface area contributed by atoms with E-state index in [4.69, 9.17) is 0 Å². The van der Waals surface area contributed by atoms with E-state index in [0.29, 0.717) is 17.3 Å². The first-order chi connectivity index (χ1) is 9.98. The van der Waals surface area contributed by atoms with Gasteiger partial charge >= 0.3 is 0 Å². The molecule has 2 aromatic rings. The summed E-state index contributed by atoms with van der Waals surface area (Å²) in [5.41, 5.74) is 0.978. The molecule has 0 aliphatic carbocycles. The minimum Gasteiger partial charge on any atom is -0.337 e. The van der Waals surface area contributed by atoms with E-state index >= 15 is 0 Å². The molecule has 0 spiro atoms. The van der Waals surface area contributed by atoms with Crippen LogP contribution in [0.2, 0.25) is 0 Å². The zero-order chi connectivity index (χ0) is 15.0. The summed E-state index contributed by atoms with van der Waals surface area (Å²) in [6.07, 6.45) is 3.85. The first-order valence-electron chi connectivity index (χ1n) is 7.02. The lowest BCUT2D eigenvalue weighted by atomic mass is 9.99. The number of hydrogen-bond donors (Lipinski definition) is 0. The highest BCUT2D eigenvalue weighted by Crippen LogP contribution is 2.30. The van der Waals surface area contributed by atoms with Crippen molar-refractivity contribution in [3.8, 4) is 0 Å². The second-order valence-corrected chi connectivity index (χ2v) is 8.60. The van der Waals surface area contributed by atoms with Gasteiger partial charge in [0.05, 0.1) is 5.69 Å². The van der Waals surface area contributed by atoms with Gasteiger partial charge in [-0.25, -0.2) is 13.4 Å². The Bertz CT molecular complexity index is 719. The van der Waals surface area contributed by atoms with Crippen LogP contribution in [0.1, 0.15) is 30.3 Å². The molecule has 3 heterocycles. The minimum atomic E-state index is -3.35. The van der Waals surface area contributed by atoms with Crippen LogP contribution in [-0.2, 0) is 17.1 Å². The summed E-state index contributed by atoms with van der Waals surface area (Å²) in [4.78, 5) is 4.56. The fraction of sp³-hybridized carbons (Fsp3) is 0.500. The van der Waals surface area contributed by atoms with Gasteiger partial charge in [-0.1, -0.05) is 6.07 Å². The van der Waals surface area contributed by atoms with E-state index in [1.165, 1.54) is 11.3 Å². The lowest BCUT2D eigenvalue weighted by Crippen LogP contribution is -2.39. The number of hydrogen-bond acceptors (Lipinski definition) is 4. The zero-order valence-electron chi connectivity index (χ0n) is 12.2. The molecule has 1 aliphatic rings. The summed E-state index contributed by atoms with van der Waals surface area (Å²) in [5.74, 6) is 1.16. The van der Waals surface area contributed by atoms with Crippen LogP contribution in [0.5, 0.6) is 0 Å². The number of nitrogens with zero attached hydrogens (tertiary/aromatic N) is 3. The molecule has 0 unspecified atom stereocenters. The SMILES string of the molecule is Cc1cn(C)c([C@@H]2CCCN(S(=O)(=O)c3cccs3)C2)n1. The van der Waals surface area contributed by atoms with Crippen molar-refractivity contribution in [2.75, 3.05) is 13.1 Å². The molecule has 1 atom stereocenters. The van der Waals surface area contributed by atoms with Crippen molar-refractivity contribution in [1.29, 1.82) is 0 Å². The van der Waals surface area contributed by atoms with Gasteiger partial charge in [0.1, 0.15) is 10.0 Å². The first kappa shape index (κ1) is 14.7. The Hall–Kier alpha value is -1.18. The molecular formula is C14H19N3O2S2. The van der Waals surface area contributed by atoms with Crippen LogP contribution in [-0.4, -0.2) is 35.4 Å². The molecule has 7 heteroatoms. The predicted octanol–water partition coefficient (Wildman–Crippen LogP) is 2.36. The predicted molar refractivity (Wildman–Crippen MR) is 83.0 cm³/mol. The van der Waals surface area contributed by atoms with Crippen LogP contribution in [0.3, 0.4) is 0 Å². The summed E-state index contributed by atoms with van der Waals surface area (Å²) in [7, 11) is -1.38. The van der Waals surface area contributed by atoms with Gasteiger partial charge in [-0.05, 0) is 31.2 Å². The molecule has 0 radical (unpaired) electrons. The van der Waals surface area contributed by atoms with Crippen LogP contribution in [0.15, 0.2) is 27.9 Å². The number of aromatic nitrogens is 2. The Morgan fingerprint density at radius 3 is 2.86 bits per heavy atom.